The number of anilines is 1. The molecule has 1 aromatic carbocycles. The summed E-state index contributed by atoms with van der Waals surface area (Å²) in [4.78, 5) is 16.3. The fourth-order valence-corrected chi connectivity index (χ4v) is 2.83. The number of fused-ring (bicyclic) bond motifs is 1. The van der Waals surface area contributed by atoms with Crippen molar-refractivity contribution in [2.45, 2.75) is 13.5 Å². The van der Waals surface area contributed by atoms with E-state index in [9.17, 15) is 4.79 Å². The number of hydrogen-bond donors (Lipinski definition) is 1. The SMILES string of the molecule is CCOc1ccc2nc(NC(=O)Cn3cccn3)sc2c1. The molecule has 0 aliphatic heterocycles. The van der Waals surface area contributed by atoms with Crippen molar-refractivity contribution >= 4 is 32.6 Å². The van der Waals surface area contributed by atoms with E-state index < -0.39 is 0 Å². The molecular formula is C14H14N4O2S. The van der Waals surface area contributed by atoms with Gasteiger partial charge in [-0.2, -0.15) is 5.10 Å². The average Bonchev–Trinajstić information content (AvgIpc) is 3.07. The van der Waals surface area contributed by atoms with Crippen LogP contribution in [0.2, 0.25) is 0 Å². The van der Waals surface area contributed by atoms with Crippen LogP contribution in [0, 0.1) is 0 Å². The topological polar surface area (TPSA) is 69.0 Å². The normalized spacial score (nSPS) is 10.7. The molecule has 7 heteroatoms. The Morgan fingerprint density at radius 2 is 2.38 bits per heavy atom. The minimum atomic E-state index is -0.150. The van der Waals surface area contributed by atoms with E-state index in [0.717, 1.165) is 16.0 Å². The molecule has 3 rings (SSSR count). The number of thiazole rings is 1. The highest BCUT2D eigenvalue weighted by atomic mass is 32.1. The van der Waals surface area contributed by atoms with E-state index in [1.165, 1.54) is 11.3 Å². The van der Waals surface area contributed by atoms with Gasteiger partial charge in [-0.1, -0.05) is 11.3 Å². The zero-order valence-electron chi connectivity index (χ0n) is 11.4. The number of carbonyl (C=O) groups is 1. The van der Waals surface area contributed by atoms with Gasteiger partial charge in [0.2, 0.25) is 5.91 Å². The van der Waals surface area contributed by atoms with Crippen LogP contribution in [-0.4, -0.2) is 27.3 Å². The maximum absolute atomic E-state index is 11.9. The summed E-state index contributed by atoms with van der Waals surface area (Å²) in [5.41, 5.74) is 0.845. The molecule has 0 atom stereocenters. The van der Waals surface area contributed by atoms with Crippen molar-refractivity contribution in [3.05, 3.63) is 36.7 Å². The number of carbonyl (C=O) groups excluding carboxylic acids is 1. The van der Waals surface area contributed by atoms with E-state index in [0.29, 0.717) is 11.7 Å². The number of rotatable bonds is 5. The summed E-state index contributed by atoms with van der Waals surface area (Å²) in [6.07, 6.45) is 3.38. The maximum atomic E-state index is 11.9. The Hall–Kier alpha value is -2.41. The molecule has 0 bridgehead atoms. The van der Waals surface area contributed by atoms with Crippen molar-refractivity contribution in [2.24, 2.45) is 0 Å². The fourth-order valence-electron chi connectivity index (χ4n) is 1.91. The monoisotopic (exact) mass is 302 g/mol. The van der Waals surface area contributed by atoms with Gasteiger partial charge in [0.15, 0.2) is 5.13 Å². The van der Waals surface area contributed by atoms with Crippen LogP contribution in [0.1, 0.15) is 6.92 Å². The van der Waals surface area contributed by atoms with Crippen LogP contribution in [0.3, 0.4) is 0 Å². The fraction of sp³-hybridized carbons (Fsp3) is 0.214. The summed E-state index contributed by atoms with van der Waals surface area (Å²) in [5.74, 6) is 0.658. The predicted molar refractivity (Wildman–Crippen MR) is 81.6 cm³/mol. The Kier molecular flexibility index (Phi) is 3.83. The van der Waals surface area contributed by atoms with Gasteiger partial charge in [0.05, 0.1) is 16.8 Å². The van der Waals surface area contributed by atoms with Gasteiger partial charge in [0.1, 0.15) is 12.3 Å². The first-order chi connectivity index (χ1) is 10.2. The van der Waals surface area contributed by atoms with Crippen LogP contribution in [-0.2, 0) is 11.3 Å². The molecular weight excluding hydrogens is 288 g/mol. The molecule has 0 aliphatic rings. The Morgan fingerprint density at radius 3 is 3.14 bits per heavy atom. The summed E-state index contributed by atoms with van der Waals surface area (Å²) < 4.78 is 8.00. The molecule has 0 radical (unpaired) electrons. The lowest BCUT2D eigenvalue weighted by atomic mass is 10.3. The number of ether oxygens (including phenoxy) is 1. The number of benzene rings is 1. The Balaban J connectivity index is 1.73. The molecule has 0 saturated carbocycles. The first-order valence-corrected chi connectivity index (χ1v) is 7.37. The smallest absolute Gasteiger partial charge is 0.247 e. The van der Waals surface area contributed by atoms with Crippen LogP contribution < -0.4 is 10.1 Å². The second kappa shape index (κ2) is 5.92. The molecule has 108 valence electrons. The molecule has 2 aromatic heterocycles. The number of hydrogen-bond acceptors (Lipinski definition) is 5. The summed E-state index contributed by atoms with van der Waals surface area (Å²) in [7, 11) is 0. The molecule has 21 heavy (non-hydrogen) atoms. The Bertz CT molecular complexity index is 752. The minimum absolute atomic E-state index is 0.150. The predicted octanol–water partition coefficient (Wildman–Crippen LogP) is 2.53. The molecule has 1 N–H and O–H groups in total. The van der Waals surface area contributed by atoms with Crippen LogP contribution in [0.15, 0.2) is 36.7 Å². The standard InChI is InChI=1S/C14H14N4O2S/c1-2-20-10-4-5-11-12(8-10)21-14(16-11)17-13(19)9-18-7-3-6-15-18/h3-8H,2,9H2,1H3,(H,16,17,19). The molecule has 0 fully saturated rings. The minimum Gasteiger partial charge on any atom is -0.494 e. The third-order valence-corrected chi connectivity index (χ3v) is 3.72. The summed E-state index contributed by atoms with van der Waals surface area (Å²) in [5, 5.41) is 7.36. The van der Waals surface area contributed by atoms with Gasteiger partial charge in [-0.3, -0.25) is 9.48 Å². The lowest BCUT2D eigenvalue weighted by Gasteiger charge is -2.01. The first kappa shape index (κ1) is 13.6. The van der Waals surface area contributed by atoms with Gasteiger partial charge in [-0.25, -0.2) is 4.98 Å². The van der Waals surface area contributed by atoms with E-state index in [1.807, 2.05) is 25.1 Å². The van der Waals surface area contributed by atoms with Gasteiger partial charge in [0, 0.05) is 12.4 Å². The van der Waals surface area contributed by atoms with Crippen molar-refractivity contribution in [3.8, 4) is 5.75 Å². The van der Waals surface area contributed by atoms with Gasteiger partial charge in [0.25, 0.3) is 0 Å². The van der Waals surface area contributed by atoms with E-state index >= 15 is 0 Å². The Labute approximate surface area is 125 Å². The first-order valence-electron chi connectivity index (χ1n) is 6.55. The van der Waals surface area contributed by atoms with Crippen molar-refractivity contribution < 1.29 is 9.53 Å². The van der Waals surface area contributed by atoms with Crippen LogP contribution in [0.4, 0.5) is 5.13 Å². The average molecular weight is 302 g/mol. The molecule has 0 saturated heterocycles. The van der Waals surface area contributed by atoms with Crippen LogP contribution in [0.5, 0.6) is 5.75 Å². The number of nitrogens with zero attached hydrogens (tertiary/aromatic N) is 3. The molecule has 6 nitrogen and oxygen atoms in total. The maximum Gasteiger partial charge on any atom is 0.247 e. The quantitative estimate of drug-likeness (QED) is 0.786. The van der Waals surface area contributed by atoms with E-state index in [2.05, 4.69) is 15.4 Å². The molecule has 0 unspecified atom stereocenters. The van der Waals surface area contributed by atoms with E-state index in [1.54, 1.807) is 23.1 Å². The second-order valence-electron chi connectivity index (χ2n) is 4.33. The summed E-state index contributed by atoms with van der Waals surface area (Å²) >= 11 is 1.43. The lowest BCUT2D eigenvalue weighted by Crippen LogP contribution is -2.18. The molecule has 1 amide bonds. The number of amides is 1. The summed E-state index contributed by atoms with van der Waals surface area (Å²) in [6, 6.07) is 7.47. The van der Waals surface area contributed by atoms with Crippen molar-refractivity contribution in [1.82, 2.24) is 14.8 Å². The highest BCUT2D eigenvalue weighted by molar-refractivity contribution is 7.22. The number of nitrogens with one attached hydrogen (secondary N) is 1. The highest BCUT2D eigenvalue weighted by Crippen LogP contribution is 2.29. The molecule has 2 heterocycles. The zero-order chi connectivity index (χ0) is 14.7. The van der Waals surface area contributed by atoms with Crippen molar-refractivity contribution in [2.75, 3.05) is 11.9 Å². The zero-order valence-corrected chi connectivity index (χ0v) is 12.3. The molecule has 0 spiro atoms. The third kappa shape index (κ3) is 3.19. The van der Waals surface area contributed by atoms with Gasteiger partial charge in [-0.15, -0.1) is 0 Å². The third-order valence-electron chi connectivity index (χ3n) is 2.78. The molecule has 0 aliphatic carbocycles. The van der Waals surface area contributed by atoms with Crippen LogP contribution in [0.25, 0.3) is 10.2 Å². The second-order valence-corrected chi connectivity index (χ2v) is 5.36. The van der Waals surface area contributed by atoms with Gasteiger partial charge >= 0.3 is 0 Å². The summed E-state index contributed by atoms with van der Waals surface area (Å²) in [6.45, 7) is 2.74. The molecule has 3 aromatic rings. The Morgan fingerprint density at radius 1 is 1.48 bits per heavy atom. The number of aromatic nitrogens is 3. The lowest BCUT2D eigenvalue weighted by molar-refractivity contribution is -0.116. The highest BCUT2D eigenvalue weighted by Gasteiger charge is 2.09. The van der Waals surface area contributed by atoms with Gasteiger partial charge in [-0.05, 0) is 31.2 Å². The van der Waals surface area contributed by atoms with E-state index in [4.69, 9.17) is 4.74 Å². The van der Waals surface area contributed by atoms with E-state index in [-0.39, 0.29) is 12.5 Å². The van der Waals surface area contributed by atoms with Crippen molar-refractivity contribution in [1.29, 1.82) is 0 Å². The van der Waals surface area contributed by atoms with Crippen LogP contribution >= 0.6 is 11.3 Å². The van der Waals surface area contributed by atoms with Crippen molar-refractivity contribution in [3.63, 3.8) is 0 Å². The largest absolute Gasteiger partial charge is 0.494 e. The van der Waals surface area contributed by atoms with Gasteiger partial charge < -0.3 is 10.1 Å².